The van der Waals surface area contributed by atoms with Crippen LogP contribution in [0.15, 0.2) is 54.1 Å². The van der Waals surface area contributed by atoms with E-state index >= 15 is 0 Å². The van der Waals surface area contributed by atoms with Gasteiger partial charge < -0.3 is 10.1 Å². The third-order valence-electron chi connectivity index (χ3n) is 2.95. The molecule has 1 amide bonds. The molecular formula is C18H15IN2O2. The molecule has 2 rings (SSSR count). The lowest BCUT2D eigenvalue weighted by molar-refractivity contribution is -0.112. The molecule has 0 fully saturated rings. The van der Waals surface area contributed by atoms with Crippen molar-refractivity contribution in [2.75, 3.05) is 11.9 Å². The smallest absolute Gasteiger partial charge is 0.266 e. The highest BCUT2D eigenvalue weighted by Crippen LogP contribution is 2.18. The molecule has 2 aromatic carbocycles. The predicted molar refractivity (Wildman–Crippen MR) is 99.0 cm³/mol. The Morgan fingerprint density at radius 2 is 2.04 bits per heavy atom. The van der Waals surface area contributed by atoms with E-state index in [1.807, 2.05) is 43.3 Å². The molecule has 0 aliphatic carbocycles. The summed E-state index contributed by atoms with van der Waals surface area (Å²) in [6.07, 6.45) is 1.57. The van der Waals surface area contributed by atoms with Gasteiger partial charge in [0.15, 0.2) is 0 Å². The second-order valence-corrected chi connectivity index (χ2v) is 5.88. The van der Waals surface area contributed by atoms with Crippen molar-refractivity contribution in [3.8, 4) is 11.8 Å². The molecule has 0 radical (unpaired) electrons. The fourth-order valence-corrected chi connectivity index (χ4v) is 2.26. The number of anilines is 1. The van der Waals surface area contributed by atoms with E-state index in [9.17, 15) is 10.1 Å². The molecule has 0 bridgehead atoms. The zero-order valence-corrected chi connectivity index (χ0v) is 14.7. The van der Waals surface area contributed by atoms with Gasteiger partial charge in [0.1, 0.15) is 17.4 Å². The lowest BCUT2D eigenvalue weighted by Gasteiger charge is -2.07. The Morgan fingerprint density at radius 1 is 1.30 bits per heavy atom. The Balaban J connectivity index is 2.16. The van der Waals surface area contributed by atoms with Gasteiger partial charge in [0, 0.05) is 15.3 Å². The van der Waals surface area contributed by atoms with Gasteiger partial charge in [0.2, 0.25) is 0 Å². The van der Waals surface area contributed by atoms with Crippen LogP contribution in [0.3, 0.4) is 0 Å². The van der Waals surface area contributed by atoms with Crippen LogP contribution in [0.2, 0.25) is 0 Å². The van der Waals surface area contributed by atoms with Gasteiger partial charge in [-0.25, -0.2) is 0 Å². The van der Waals surface area contributed by atoms with Crippen molar-refractivity contribution in [3.63, 3.8) is 0 Å². The number of amides is 1. The summed E-state index contributed by atoms with van der Waals surface area (Å²) in [7, 11) is 0. The molecule has 0 unspecified atom stereocenters. The van der Waals surface area contributed by atoms with E-state index in [-0.39, 0.29) is 5.57 Å². The number of nitriles is 1. The molecule has 5 heteroatoms. The molecule has 0 saturated heterocycles. The SMILES string of the molecule is CCOc1cccc(NC(=O)/C(C#N)=C/c2ccc(I)cc2)c1. The van der Waals surface area contributed by atoms with Gasteiger partial charge in [-0.05, 0) is 65.4 Å². The van der Waals surface area contributed by atoms with Crippen LogP contribution in [0.25, 0.3) is 6.08 Å². The normalized spacial score (nSPS) is 10.7. The van der Waals surface area contributed by atoms with Crippen molar-refractivity contribution in [3.05, 3.63) is 63.2 Å². The van der Waals surface area contributed by atoms with Crippen molar-refractivity contribution in [2.24, 2.45) is 0 Å². The second kappa shape index (κ2) is 8.34. The minimum absolute atomic E-state index is 0.0491. The number of benzene rings is 2. The van der Waals surface area contributed by atoms with Crippen LogP contribution in [0.4, 0.5) is 5.69 Å². The minimum atomic E-state index is -0.445. The van der Waals surface area contributed by atoms with Crippen molar-refractivity contribution < 1.29 is 9.53 Å². The van der Waals surface area contributed by atoms with Crippen molar-refractivity contribution in [2.45, 2.75) is 6.92 Å². The zero-order chi connectivity index (χ0) is 16.7. The first-order valence-corrected chi connectivity index (χ1v) is 8.12. The standard InChI is InChI=1S/C18H15IN2O2/c1-2-23-17-5-3-4-16(11-17)21-18(22)14(12-20)10-13-6-8-15(19)9-7-13/h3-11H,2H2,1H3,(H,21,22)/b14-10+. The molecule has 0 aromatic heterocycles. The Kier molecular flexibility index (Phi) is 6.18. The summed E-state index contributed by atoms with van der Waals surface area (Å²) < 4.78 is 6.48. The van der Waals surface area contributed by atoms with E-state index in [1.165, 1.54) is 0 Å². The average molecular weight is 418 g/mol. The summed E-state index contributed by atoms with van der Waals surface area (Å²) in [5.41, 5.74) is 1.44. The average Bonchev–Trinajstić information content (AvgIpc) is 2.55. The first kappa shape index (κ1) is 17.0. The van der Waals surface area contributed by atoms with Crippen LogP contribution < -0.4 is 10.1 Å². The molecule has 23 heavy (non-hydrogen) atoms. The third kappa shape index (κ3) is 5.11. The maximum Gasteiger partial charge on any atom is 0.266 e. The first-order chi connectivity index (χ1) is 11.1. The van der Waals surface area contributed by atoms with Gasteiger partial charge in [-0.2, -0.15) is 5.26 Å². The van der Waals surface area contributed by atoms with Gasteiger partial charge in [-0.15, -0.1) is 0 Å². The van der Waals surface area contributed by atoms with Gasteiger partial charge in [-0.3, -0.25) is 4.79 Å². The van der Waals surface area contributed by atoms with Crippen molar-refractivity contribution in [1.82, 2.24) is 0 Å². The lowest BCUT2D eigenvalue weighted by Crippen LogP contribution is -2.13. The van der Waals surface area contributed by atoms with E-state index in [2.05, 4.69) is 27.9 Å². The maximum absolute atomic E-state index is 12.2. The number of hydrogen-bond acceptors (Lipinski definition) is 3. The highest BCUT2D eigenvalue weighted by molar-refractivity contribution is 14.1. The number of carbonyl (C=O) groups is 1. The second-order valence-electron chi connectivity index (χ2n) is 4.64. The Labute approximate surface area is 148 Å². The van der Waals surface area contributed by atoms with Crippen molar-refractivity contribution >= 4 is 40.3 Å². The van der Waals surface area contributed by atoms with Gasteiger partial charge in [0.25, 0.3) is 5.91 Å². The maximum atomic E-state index is 12.2. The topological polar surface area (TPSA) is 62.1 Å². The quantitative estimate of drug-likeness (QED) is 0.449. The highest BCUT2D eigenvalue weighted by Gasteiger charge is 2.10. The van der Waals surface area contributed by atoms with E-state index in [4.69, 9.17) is 4.74 Å². The van der Waals surface area contributed by atoms with Crippen LogP contribution in [-0.2, 0) is 4.79 Å². The summed E-state index contributed by atoms with van der Waals surface area (Å²) >= 11 is 2.20. The summed E-state index contributed by atoms with van der Waals surface area (Å²) in [5, 5.41) is 11.9. The van der Waals surface area contributed by atoms with E-state index in [0.717, 1.165) is 9.13 Å². The molecule has 0 atom stereocenters. The van der Waals surface area contributed by atoms with Gasteiger partial charge in [-0.1, -0.05) is 18.2 Å². The largest absolute Gasteiger partial charge is 0.494 e. The Morgan fingerprint density at radius 3 is 2.70 bits per heavy atom. The van der Waals surface area contributed by atoms with Crippen LogP contribution in [0.1, 0.15) is 12.5 Å². The molecule has 0 aliphatic rings. The van der Waals surface area contributed by atoms with Crippen LogP contribution >= 0.6 is 22.6 Å². The molecular weight excluding hydrogens is 403 g/mol. The molecule has 0 saturated carbocycles. The van der Waals surface area contributed by atoms with Crippen LogP contribution in [0.5, 0.6) is 5.75 Å². The first-order valence-electron chi connectivity index (χ1n) is 7.04. The highest BCUT2D eigenvalue weighted by atomic mass is 127. The van der Waals surface area contributed by atoms with Crippen LogP contribution in [-0.4, -0.2) is 12.5 Å². The van der Waals surface area contributed by atoms with Crippen molar-refractivity contribution in [1.29, 1.82) is 5.26 Å². The van der Waals surface area contributed by atoms with Gasteiger partial charge in [0.05, 0.1) is 6.61 Å². The summed E-state index contributed by atoms with van der Waals surface area (Å²) in [5.74, 6) is 0.227. The zero-order valence-electron chi connectivity index (χ0n) is 12.5. The van der Waals surface area contributed by atoms with E-state index in [0.29, 0.717) is 18.0 Å². The predicted octanol–water partition coefficient (Wildman–Crippen LogP) is 4.24. The molecule has 0 aliphatic heterocycles. The summed E-state index contributed by atoms with van der Waals surface area (Å²) in [4.78, 5) is 12.2. The van der Waals surface area contributed by atoms with Crippen LogP contribution in [0, 0.1) is 14.9 Å². The third-order valence-corrected chi connectivity index (χ3v) is 3.67. The number of hydrogen-bond donors (Lipinski definition) is 1. The molecule has 2 aromatic rings. The Bertz CT molecular complexity index is 761. The molecule has 4 nitrogen and oxygen atoms in total. The number of rotatable bonds is 5. The fourth-order valence-electron chi connectivity index (χ4n) is 1.90. The van der Waals surface area contributed by atoms with E-state index in [1.54, 1.807) is 24.3 Å². The molecule has 116 valence electrons. The molecule has 0 spiro atoms. The fraction of sp³-hybridized carbons (Fsp3) is 0.111. The number of ether oxygens (including phenoxy) is 1. The van der Waals surface area contributed by atoms with E-state index < -0.39 is 5.91 Å². The Hall–Kier alpha value is -2.33. The summed E-state index contributed by atoms with van der Waals surface area (Å²) in [6.45, 7) is 2.44. The number of carbonyl (C=O) groups excluding carboxylic acids is 1. The monoisotopic (exact) mass is 418 g/mol. The lowest BCUT2D eigenvalue weighted by atomic mass is 10.1. The molecule has 1 N–H and O–H groups in total. The number of halogens is 1. The number of nitrogens with one attached hydrogen (secondary N) is 1. The number of nitrogens with zero attached hydrogens (tertiary/aromatic N) is 1. The summed E-state index contributed by atoms with van der Waals surface area (Å²) in [6, 6.07) is 16.6. The van der Waals surface area contributed by atoms with Gasteiger partial charge >= 0.3 is 0 Å². The minimum Gasteiger partial charge on any atom is -0.494 e. The molecule has 0 heterocycles.